The van der Waals surface area contributed by atoms with Gasteiger partial charge < -0.3 is 9.47 Å². The number of carbonyl (C=O) groups is 1. The van der Waals surface area contributed by atoms with Crippen molar-refractivity contribution in [1.29, 1.82) is 0 Å². The Bertz CT molecular complexity index is 200. The predicted molar refractivity (Wildman–Crippen MR) is 43.7 cm³/mol. The van der Waals surface area contributed by atoms with Gasteiger partial charge in [-0.05, 0) is 6.92 Å². The SMILES string of the molecule is C/C=C1/NC(=O)OCCC1OC. The van der Waals surface area contributed by atoms with Crippen LogP contribution in [0.4, 0.5) is 4.79 Å². The highest BCUT2D eigenvalue weighted by Crippen LogP contribution is 2.11. The molecule has 0 aromatic heterocycles. The van der Waals surface area contributed by atoms with Gasteiger partial charge in [0.2, 0.25) is 0 Å². The van der Waals surface area contributed by atoms with Crippen LogP contribution in [-0.2, 0) is 9.47 Å². The highest BCUT2D eigenvalue weighted by atomic mass is 16.6. The number of allylic oxidation sites excluding steroid dienone is 1. The molecular formula is C8H13NO3. The zero-order valence-electron chi connectivity index (χ0n) is 7.29. The first-order chi connectivity index (χ1) is 5.77. The maximum absolute atomic E-state index is 10.9. The number of cyclic esters (lactones) is 1. The van der Waals surface area contributed by atoms with Crippen molar-refractivity contribution in [2.45, 2.75) is 19.4 Å². The van der Waals surface area contributed by atoms with E-state index in [0.29, 0.717) is 13.0 Å². The molecule has 1 unspecified atom stereocenters. The van der Waals surface area contributed by atoms with E-state index in [0.717, 1.165) is 5.70 Å². The fourth-order valence-corrected chi connectivity index (χ4v) is 1.15. The molecular weight excluding hydrogens is 158 g/mol. The molecule has 0 bridgehead atoms. The Hall–Kier alpha value is -1.03. The zero-order valence-corrected chi connectivity index (χ0v) is 7.29. The van der Waals surface area contributed by atoms with Gasteiger partial charge in [-0.3, -0.25) is 5.32 Å². The summed E-state index contributed by atoms with van der Waals surface area (Å²) in [4.78, 5) is 10.9. The topological polar surface area (TPSA) is 47.6 Å². The second-order valence-electron chi connectivity index (χ2n) is 2.52. The van der Waals surface area contributed by atoms with Gasteiger partial charge in [-0.15, -0.1) is 0 Å². The van der Waals surface area contributed by atoms with Crippen molar-refractivity contribution in [1.82, 2.24) is 5.32 Å². The summed E-state index contributed by atoms with van der Waals surface area (Å²) in [5.41, 5.74) is 0.778. The van der Waals surface area contributed by atoms with Gasteiger partial charge in [0, 0.05) is 19.2 Å². The molecule has 0 aromatic rings. The van der Waals surface area contributed by atoms with Gasteiger partial charge in [0.1, 0.15) is 0 Å². The minimum atomic E-state index is -0.400. The highest BCUT2D eigenvalue weighted by Gasteiger charge is 2.20. The molecule has 12 heavy (non-hydrogen) atoms. The zero-order chi connectivity index (χ0) is 8.97. The molecule has 0 saturated carbocycles. The summed E-state index contributed by atoms with van der Waals surface area (Å²) >= 11 is 0. The van der Waals surface area contributed by atoms with Crippen LogP contribution in [0.15, 0.2) is 11.8 Å². The summed E-state index contributed by atoms with van der Waals surface area (Å²) in [5, 5.41) is 2.60. The molecule has 1 saturated heterocycles. The van der Waals surface area contributed by atoms with Gasteiger partial charge in [0.25, 0.3) is 0 Å². The van der Waals surface area contributed by atoms with Gasteiger partial charge in [0.05, 0.1) is 12.7 Å². The lowest BCUT2D eigenvalue weighted by molar-refractivity contribution is 0.106. The van der Waals surface area contributed by atoms with Crippen molar-refractivity contribution in [2.75, 3.05) is 13.7 Å². The third-order valence-electron chi connectivity index (χ3n) is 1.80. The monoisotopic (exact) mass is 171 g/mol. The molecule has 1 aliphatic heterocycles. The van der Waals surface area contributed by atoms with E-state index in [9.17, 15) is 4.79 Å². The maximum atomic E-state index is 10.9. The van der Waals surface area contributed by atoms with Gasteiger partial charge in [0.15, 0.2) is 0 Å². The molecule has 1 amide bonds. The number of alkyl carbamates (subject to hydrolysis) is 1. The van der Waals surface area contributed by atoms with Crippen LogP contribution in [0.25, 0.3) is 0 Å². The first-order valence-corrected chi connectivity index (χ1v) is 3.90. The molecule has 4 nitrogen and oxygen atoms in total. The van der Waals surface area contributed by atoms with Gasteiger partial charge in [-0.1, -0.05) is 6.08 Å². The summed E-state index contributed by atoms with van der Waals surface area (Å²) in [5.74, 6) is 0. The van der Waals surface area contributed by atoms with E-state index >= 15 is 0 Å². The lowest BCUT2D eigenvalue weighted by Crippen LogP contribution is -2.26. The first-order valence-electron chi connectivity index (χ1n) is 3.90. The number of carbonyl (C=O) groups excluding carboxylic acids is 1. The number of nitrogens with one attached hydrogen (secondary N) is 1. The van der Waals surface area contributed by atoms with Crippen LogP contribution in [-0.4, -0.2) is 25.9 Å². The number of rotatable bonds is 1. The number of ether oxygens (including phenoxy) is 2. The standard InChI is InChI=1S/C8H13NO3/c1-3-6-7(11-2)4-5-12-8(10)9-6/h3,7H,4-5H2,1-2H3,(H,9,10)/b6-3+. The van der Waals surface area contributed by atoms with E-state index in [1.807, 2.05) is 13.0 Å². The Balaban J connectivity index is 2.69. The summed E-state index contributed by atoms with van der Waals surface area (Å²) in [6.45, 7) is 2.26. The highest BCUT2D eigenvalue weighted by molar-refractivity contribution is 5.70. The van der Waals surface area contributed by atoms with Crippen LogP contribution in [0.3, 0.4) is 0 Å². The van der Waals surface area contributed by atoms with Crippen molar-refractivity contribution in [3.63, 3.8) is 0 Å². The van der Waals surface area contributed by atoms with Crippen molar-refractivity contribution in [3.8, 4) is 0 Å². The third kappa shape index (κ3) is 1.98. The lowest BCUT2D eigenvalue weighted by atomic mass is 10.2. The molecule has 68 valence electrons. The van der Waals surface area contributed by atoms with E-state index in [1.165, 1.54) is 0 Å². The summed E-state index contributed by atoms with van der Waals surface area (Å²) in [7, 11) is 1.62. The average molecular weight is 171 g/mol. The molecule has 0 aliphatic carbocycles. The molecule has 1 rings (SSSR count). The Morgan fingerprint density at radius 1 is 1.75 bits per heavy atom. The quantitative estimate of drug-likeness (QED) is 0.641. The molecule has 1 atom stereocenters. The molecule has 0 radical (unpaired) electrons. The summed E-state index contributed by atoms with van der Waals surface area (Å²) in [6.07, 6.45) is 2.07. The predicted octanol–water partition coefficient (Wildman–Crippen LogP) is 1.04. The van der Waals surface area contributed by atoms with Crippen LogP contribution in [0.5, 0.6) is 0 Å². The van der Waals surface area contributed by atoms with Crippen molar-refractivity contribution < 1.29 is 14.3 Å². The van der Waals surface area contributed by atoms with Crippen molar-refractivity contribution in [3.05, 3.63) is 11.8 Å². The van der Waals surface area contributed by atoms with Crippen LogP contribution in [0, 0.1) is 0 Å². The van der Waals surface area contributed by atoms with Crippen LogP contribution in [0.2, 0.25) is 0 Å². The fraction of sp³-hybridized carbons (Fsp3) is 0.625. The van der Waals surface area contributed by atoms with Gasteiger partial charge >= 0.3 is 6.09 Å². The third-order valence-corrected chi connectivity index (χ3v) is 1.80. The van der Waals surface area contributed by atoms with E-state index in [4.69, 9.17) is 9.47 Å². The van der Waals surface area contributed by atoms with Crippen LogP contribution >= 0.6 is 0 Å². The maximum Gasteiger partial charge on any atom is 0.411 e. The number of methoxy groups -OCH3 is 1. The van der Waals surface area contributed by atoms with Crippen molar-refractivity contribution in [2.24, 2.45) is 0 Å². The minimum absolute atomic E-state index is 0.0542. The van der Waals surface area contributed by atoms with Crippen LogP contribution < -0.4 is 5.32 Å². The Labute approximate surface area is 71.5 Å². The van der Waals surface area contributed by atoms with Crippen LogP contribution in [0.1, 0.15) is 13.3 Å². The lowest BCUT2D eigenvalue weighted by Gasteiger charge is -2.13. The number of hydrogen-bond donors (Lipinski definition) is 1. The second-order valence-corrected chi connectivity index (χ2v) is 2.52. The normalized spacial score (nSPS) is 27.7. The van der Waals surface area contributed by atoms with E-state index in [1.54, 1.807) is 7.11 Å². The Morgan fingerprint density at radius 2 is 2.50 bits per heavy atom. The number of hydrogen-bond acceptors (Lipinski definition) is 3. The van der Waals surface area contributed by atoms with Crippen molar-refractivity contribution >= 4 is 6.09 Å². The summed E-state index contributed by atoms with van der Waals surface area (Å²) in [6, 6.07) is 0. The summed E-state index contributed by atoms with van der Waals surface area (Å²) < 4.78 is 9.96. The average Bonchev–Trinajstić information content (AvgIpc) is 2.26. The first kappa shape index (κ1) is 9.06. The van der Waals surface area contributed by atoms with Gasteiger partial charge in [-0.2, -0.15) is 0 Å². The number of amides is 1. The largest absolute Gasteiger partial charge is 0.449 e. The minimum Gasteiger partial charge on any atom is -0.449 e. The molecule has 0 aromatic carbocycles. The Morgan fingerprint density at radius 3 is 3.08 bits per heavy atom. The molecule has 4 heteroatoms. The second kappa shape index (κ2) is 4.11. The van der Waals surface area contributed by atoms with E-state index < -0.39 is 6.09 Å². The van der Waals surface area contributed by atoms with Gasteiger partial charge in [-0.25, -0.2) is 4.79 Å². The molecule has 0 spiro atoms. The molecule has 1 fully saturated rings. The molecule has 1 N–H and O–H groups in total. The Kier molecular flexibility index (Phi) is 3.10. The smallest absolute Gasteiger partial charge is 0.411 e. The molecule has 1 heterocycles. The van der Waals surface area contributed by atoms with E-state index in [-0.39, 0.29) is 6.10 Å². The van der Waals surface area contributed by atoms with E-state index in [2.05, 4.69) is 5.32 Å². The molecule has 1 aliphatic rings. The fourth-order valence-electron chi connectivity index (χ4n) is 1.15.